The molecule has 7 nitrogen and oxygen atoms in total. The third kappa shape index (κ3) is 4.94. The number of hydrogen-bond donors (Lipinski definition) is 1. The van der Waals surface area contributed by atoms with Gasteiger partial charge in [-0.2, -0.15) is 4.31 Å². The van der Waals surface area contributed by atoms with E-state index >= 15 is 0 Å². The molecule has 9 heteroatoms. The zero-order chi connectivity index (χ0) is 21.8. The predicted octanol–water partition coefficient (Wildman–Crippen LogP) is 4.51. The fraction of sp³-hybridized carbons (Fsp3) is 0.364. The Bertz CT molecular complexity index is 1140. The summed E-state index contributed by atoms with van der Waals surface area (Å²) in [6, 6.07) is 13.9. The van der Waals surface area contributed by atoms with E-state index in [1.54, 1.807) is 25.2 Å². The van der Waals surface area contributed by atoms with E-state index in [-0.39, 0.29) is 28.3 Å². The lowest BCUT2D eigenvalue weighted by molar-refractivity contribution is -0.113. The first-order valence-electron chi connectivity index (χ1n) is 10.3. The number of thioether (sulfide) groups is 1. The number of para-hydroxylation sites is 3. The molecule has 1 N–H and O–H groups in total. The van der Waals surface area contributed by atoms with Gasteiger partial charge >= 0.3 is 0 Å². The van der Waals surface area contributed by atoms with Crippen LogP contribution in [0.4, 0.5) is 5.69 Å². The number of nitrogens with one attached hydrogen (secondary N) is 1. The molecule has 0 spiro atoms. The maximum Gasteiger partial charge on any atom is 0.257 e. The van der Waals surface area contributed by atoms with Crippen LogP contribution in [-0.4, -0.2) is 42.5 Å². The van der Waals surface area contributed by atoms with E-state index in [0.29, 0.717) is 10.8 Å². The molecule has 0 atom stereocenters. The molecular formula is C22H25N3O4S2. The van der Waals surface area contributed by atoms with E-state index in [2.05, 4.69) is 10.3 Å². The molecule has 1 saturated carbocycles. The third-order valence-corrected chi connectivity index (χ3v) is 8.30. The number of hydrogen-bond acceptors (Lipinski definition) is 6. The standard InChI is InChI=1S/C22H25N3O4S2/c1-25(16-9-3-2-4-10-16)31(27,28)20-14-8-6-12-18(20)23-21(26)15-30-22-24-17-11-5-7-13-19(17)29-22/h5-8,11-14,16H,2-4,9-10,15H2,1H3,(H,23,26). The number of aromatic nitrogens is 1. The number of fused-ring (bicyclic) bond motifs is 1. The Hall–Kier alpha value is -2.36. The normalized spacial score (nSPS) is 15.4. The number of rotatable bonds is 7. The van der Waals surface area contributed by atoms with Crippen molar-refractivity contribution in [1.29, 1.82) is 0 Å². The third-order valence-electron chi connectivity index (χ3n) is 5.51. The van der Waals surface area contributed by atoms with Gasteiger partial charge in [0.15, 0.2) is 5.58 Å². The van der Waals surface area contributed by atoms with Crippen molar-refractivity contribution in [3.8, 4) is 0 Å². The molecule has 0 unspecified atom stereocenters. The van der Waals surface area contributed by atoms with Crippen LogP contribution in [0.15, 0.2) is 63.1 Å². The molecule has 1 amide bonds. The zero-order valence-corrected chi connectivity index (χ0v) is 18.9. The van der Waals surface area contributed by atoms with Gasteiger partial charge in [0.1, 0.15) is 10.4 Å². The highest BCUT2D eigenvalue weighted by atomic mass is 32.2. The van der Waals surface area contributed by atoms with Crippen LogP contribution < -0.4 is 5.32 Å². The number of sulfonamides is 1. The second-order valence-electron chi connectivity index (χ2n) is 7.59. The van der Waals surface area contributed by atoms with Gasteiger partial charge in [-0.25, -0.2) is 13.4 Å². The SMILES string of the molecule is CN(C1CCCCC1)S(=O)(=O)c1ccccc1NC(=O)CSc1nc2ccccc2o1. The Labute approximate surface area is 186 Å². The monoisotopic (exact) mass is 459 g/mol. The zero-order valence-electron chi connectivity index (χ0n) is 17.3. The van der Waals surface area contributed by atoms with Crippen molar-refractivity contribution in [1.82, 2.24) is 9.29 Å². The van der Waals surface area contributed by atoms with Gasteiger partial charge in [0.05, 0.1) is 11.4 Å². The summed E-state index contributed by atoms with van der Waals surface area (Å²) in [5, 5.41) is 3.14. The van der Waals surface area contributed by atoms with Crippen molar-refractivity contribution in [3.63, 3.8) is 0 Å². The second-order valence-corrected chi connectivity index (χ2v) is 10.5. The van der Waals surface area contributed by atoms with Crippen LogP contribution in [0.2, 0.25) is 0 Å². The molecule has 0 saturated heterocycles. The highest BCUT2D eigenvalue weighted by molar-refractivity contribution is 7.99. The van der Waals surface area contributed by atoms with E-state index in [9.17, 15) is 13.2 Å². The van der Waals surface area contributed by atoms with Gasteiger partial charge < -0.3 is 9.73 Å². The van der Waals surface area contributed by atoms with Crippen molar-refractivity contribution in [3.05, 3.63) is 48.5 Å². The molecule has 0 bridgehead atoms. The molecule has 1 aliphatic rings. The highest BCUT2D eigenvalue weighted by Crippen LogP contribution is 2.30. The first kappa shape index (κ1) is 21.9. The Kier molecular flexibility index (Phi) is 6.64. The molecule has 1 aliphatic carbocycles. The molecule has 1 heterocycles. The van der Waals surface area contributed by atoms with Gasteiger partial charge in [0.2, 0.25) is 15.9 Å². The lowest BCUT2D eigenvalue weighted by Gasteiger charge is -2.30. The number of carbonyl (C=O) groups excluding carboxylic acids is 1. The number of nitrogens with zero attached hydrogens (tertiary/aromatic N) is 2. The van der Waals surface area contributed by atoms with Gasteiger partial charge in [0, 0.05) is 13.1 Å². The molecular weight excluding hydrogens is 434 g/mol. The van der Waals surface area contributed by atoms with Gasteiger partial charge in [-0.15, -0.1) is 0 Å². The lowest BCUT2D eigenvalue weighted by Crippen LogP contribution is -2.38. The summed E-state index contributed by atoms with van der Waals surface area (Å²) < 4.78 is 33.6. The summed E-state index contributed by atoms with van der Waals surface area (Å²) in [6.45, 7) is 0. The van der Waals surface area contributed by atoms with Crippen LogP contribution >= 0.6 is 11.8 Å². The Morgan fingerprint density at radius 1 is 1.13 bits per heavy atom. The molecule has 3 aromatic rings. The average Bonchev–Trinajstić information content (AvgIpc) is 3.21. The Morgan fingerprint density at radius 2 is 1.84 bits per heavy atom. The molecule has 0 aliphatic heterocycles. The van der Waals surface area contributed by atoms with Crippen molar-refractivity contribution >= 4 is 44.5 Å². The van der Waals surface area contributed by atoms with Gasteiger partial charge in [-0.3, -0.25) is 4.79 Å². The topological polar surface area (TPSA) is 92.5 Å². The van der Waals surface area contributed by atoms with Crippen LogP contribution in [0.1, 0.15) is 32.1 Å². The molecule has 2 aromatic carbocycles. The van der Waals surface area contributed by atoms with Crippen LogP contribution in [0.5, 0.6) is 0 Å². The molecule has 31 heavy (non-hydrogen) atoms. The van der Waals surface area contributed by atoms with Crippen molar-refractivity contribution < 1.29 is 17.6 Å². The summed E-state index contributed by atoms with van der Waals surface area (Å²) in [6.07, 6.45) is 4.96. The maximum absolute atomic E-state index is 13.3. The van der Waals surface area contributed by atoms with E-state index in [0.717, 1.165) is 37.6 Å². The molecule has 1 fully saturated rings. The number of oxazole rings is 1. The smallest absolute Gasteiger partial charge is 0.257 e. The average molecular weight is 460 g/mol. The molecule has 164 valence electrons. The van der Waals surface area contributed by atoms with Crippen molar-refractivity contribution in [2.45, 2.75) is 48.3 Å². The summed E-state index contributed by atoms with van der Waals surface area (Å²) in [4.78, 5) is 17.0. The Balaban J connectivity index is 1.45. The summed E-state index contributed by atoms with van der Waals surface area (Å²) >= 11 is 1.17. The van der Waals surface area contributed by atoms with E-state index in [1.807, 2.05) is 24.3 Å². The van der Waals surface area contributed by atoms with Gasteiger partial charge in [-0.1, -0.05) is 55.3 Å². The van der Waals surface area contributed by atoms with E-state index in [1.165, 1.54) is 22.1 Å². The first-order valence-corrected chi connectivity index (χ1v) is 12.7. The molecule has 0 radical (unpaired) electrons. The fourth-order valence-corrected chi connectivity index (χ4v) is 6.02. The maximum atomic E-state index is 13.3. The fourth-order valence-electron chi connectivity index (χ4n) is 3.82. The molecule has 4 rings (SSSR count). The minimum atomic E-state index is -3.72. The van der Waals surface area contributed by atoms with Gasteiger partial charge in [-0.05, 0) is 37.1 Å². The largest absolute Gasteiger partial charge is 0.431 e. The first-order chi connectivity index (χ1) is 14.9. The minimum absolute atomic E-state index is 0.00257. The lowest BCUT2D eigenvalue weighted by atomic mass is 9.96. The molecule has 1 aromatic heterocycles. The number of anilines is 1. The van der Waals surface area contributed by atoms with Crippen molar-refractivity contribution in [2.75, 3.05) is 18.1 Å². The Morgan fingerprint density at radius 3 is 2.61 bits per heavy atom. The van der Waals surface area contributed by atoms with Gasteiger partial charge in [0.25, 0.3) is 5.22 Å². The summed E-state index contributed by atoms with van der Waals surface area (Å²) in [5.41, 5.74) is 1.67. The number of benzene rings is 2. The predicted molar refractivity (Wildman–Crippen MR) is 122 cm³/mol. The van der Waals surface area contributed by atoms with Crippen LogP contribution in [0.3, 0.4) is 0 Å². The highest BCUT2D eigenvalue weighted by Gasteiger charge is 2.31. The number of carbonyl (C=O) groups is 1. The summed E-state index contributed by atoms with van der Waals surface area (Å²) in [5.74, 6) is -0.269. The minimum Gasteiger partial charge on any atom is -0.431 e. The second kappa shape index (κ2) is 9.42. The van der Waals surface area contributed by atoms with E-state index in [4.69, 9.17) is 4.42 Å². The van der Waals surface area contributed by atoms with Crippen LogP contribution in [0.25, 0.3) is 11.1 Å². The van der Waals surface area contributed by atoms with E-state index < -0.39 is 10.0 Å². The van der Waals surface area contributed by atoms with Crippen LogP contribution in [-0.2, 0) is 14.8 Å². The number of amides is 1. The van der Waals surface area contributed by atoms with Crippen LogP contribution in [0, 0.1) is 0 Å². The quantitative estimate of drug-likeness (QED) is 0.523. The van der Waals surface area contributed by atoms with Crippen molar-refractivity contribution in [2.24, 2.45) is 0 Å². The summed E-state index contributed by atoms with van der Waals surface area (Å²) in [7, 11) is -2.09.